The number of nitrogens with zero attached hydrogens (tertiary/aromatic N) is 2. The number of rotatable bonds is 8. The summed E-state index contributed by atoms with van der Waals surface area (Å²) < 4.78 is 5.45. The van der Waals surface area contributed by atoms with Gasteiger partial charge in [-0.15, -0.1) is 0 Å². The van der Waals surface area contributed by atoms with Crippen molar-refractivity contribution in [3.63, 3.8) is 0 Å². The minimum absolute atomic E-state index is 0.138. The van der Waals surface area contributed by atoms with Gasteiger partial charge in [-0.25, -0.2) is 4.89 Å². The van der Waals surface area contributed by atoms with E-state index in [9.17, 15) is 5.26 Å². The zero-order valence-corrected chi connectivity index (χ0v) is 16.8. The Morgan fingerprint density at radius 2 is 1.86 bits per heavy atom. The molecule has 1 aliphatic heterocycles. The van der Waals surface area contributed by atoms with Crippen LogP contribution in [0.1, 0.15) is 22.3 Å². The number of benzene rings is 2. The van der Waals surface area contributed by atoms with Crippen molar-refractivity contribution in [3.05, 3.63) is 77.4 Å². The van der Waals surface area contributed by atoms with Gasteiger partial charge in [0, 0.05) is 25.1 Å². The number of amidine groups is 1. The van der Waals surface area contributed by atoms with E-state index >= 15 is 0 Å². The van der Waals surface area contributed by atoms with Crippen molar-refractivity contribution in [3.8, 4) is 0 Å². The van der Waals surface area contributed by atoms with Crippen molar-refractivity contribution >= 4 is 11.9 Å². The molecule has 154 valence electrons. The molecule has 1 fully saturated rings. The molecule has 29 heavy (non-hydrogen) atoms. The van der Waals surface area contributed by atoms with Crippen LogP contribution in [0.3, 0.4) is 0 Å². The second kappa shape index (κ2) is 10.8. The number of aryl methyl sites for hydroxylation is 1. The lowest BCUT2D eigenvalue weighted by Crippen LogP contribution is -2.41. The monoisotopic (exact) mass is 396 g/mol. The Labute approximate surface area is 171 Å². The molecule has 1 heterocycles. The first-order chi connectivity index (χ1) is 14.2. The standard InChI is InChI=1S/C23H28N2O4/c1-3-19-6-8-20(9-7-19)16-22(29-26)17-28-24-23(25-12-14-27-15-13-25)21-10-4-18(2)5-11-21/h3-11,22,26H,1,12-17H2,2H3/b24-23+. The molecule has 0 amide bonds. The van der Waals surface area contributed by atoms with Gasteiger partial charge in [-0.05, 0) is 18.1 Å². The number of hydrogen-bond acceptors (Lipinski definition) is 5. The van der Waals surface area contributed by atoms with E-state index in [-0.39, 0.29) is 6.61 Å². The Morgan fingerprint density at radius 1 is 1.17 bits per heavy atom. The van der Waals surface area contributed by atoms with Crippen molar-refractivity contribution in [2.75, 3.05) is 32.9 Å². The third-order valence-electron chi connectivity index (χ3n) is 4.86. The molecule has 2 aromatic carbocycles. The van der Waals surface area contributed by atoms with Crippen molar-refractivity contribution in [1.29, 1.82) is 0 Å². The molecule has 2 aromatic rings. The molecule has 0 radical (unpaired) electrons. The van der Waals surface area contributed by atoms with E-state index in [4.69, 9.17) is 9.57 Å². The van der Waals surface area contributed by atoms with Crippen LogP contribution >= 0.6 is 0 Å². The maximum absolute atomic E-state index is 9.28. The molecule has 1 aliphatic rings. The quantitative estimate of drug-likeness (QED) is 0.319. The highest BCUT2D eigenvalue weighted by Gasteiger charge is 2.18. The van der Waals surface area contributed by atoms with E-state index in [2.05, 4.69) is 40.6 Å². The molecule has 0 bridgehead atoms. The predicted molar refractivity (Wildman–Crippen MR) is 114 cm³/mol. The van der Waals surface area contributed by atoms with Crippen LogP contribution in [-0.2, 0) is 20.9 Å². The van der Waals surface area contributed by atoms with E-state index in [1.807, 2.05) is 36.4 Å². The fourth-order valence-electron chi connectivity index (χ4n) is 3.13. The molecule has 0 spiro atoms. The topological polar surface area (TPSA) is 63.5 Å². The van der Waals surface area contributed by atoms with Gasteiger partial charge in [0.05, 0.1) is 13.2 Å². The normalized spacial score (nSPS) is 15.8. The highest BCUT2D eigenvalue weighted by molar-refractivity contribution is 5.98. The summed E-state index contributed by atoms with van der Waals surface area (Å²) in [6.07, 6.45) is 1.79. The SMILES string of the molecule is C=Cc1ccc(CC(CO/N=C(\c2ccc(C)cc2)N2CCOCC2)OO)cc1. The number of morpholine rings is 1. The average molecular weight is 396 g/mol. The summed E-state index contributed by atoms with van der Waals surface area (Å²) in [5.41, 5.74) is 4.25. The second-order valence-electron chi connectivity index (χ2n) is 7.05. The molecule has 1 unspecified atom stereocenters. The molecule has 6 nitrogen and oxygen atoms in total. The van der Waals surface area contributed by atoms with Gasteiger partial charge in [0.25, 0.3) is 0 Å². The molecule has 6 heteroatoms. The Balaban J connectivity index is 1.66. The van der Waals surface area contributed by atoms with Gasteiger partial charge in [0.1, 0.15) is 12.7 Å². The van der Waals surface area contributed by atoms with E-state index in [0.717, 1.165) is 35.6 Å². The number of hydrogen-bond donors (Lipinski definition) is 1. The van der Waals surface area contributed by atoms with Gasteiger partial charge in [-0.3, -0.25) is 5.26 Å². The fourth-order valence-corrected chi connectivity index (χ4v) is 3.13. The number of ether oxygens (including phenoxy) is 1. The van der Waals surface area contributed by atoms with E-state index in [1.54, 1.807) is 6.08 Å². The molecule has 0 aromatic heterocycles. The molecule has 0 saturated carbocycles. The zero-order chi connectivity index (χ0) is 20.5. The summed E-state index contributed by atoms with van der Waals surface area (Å²) in [4.78, 5) is 12.4. The first kappa shape index (κ1) is 21.0. The molecule has 0 aliphatic carbocycles. The molecule has 3 rings (SSSR count). The van der Waals surface area contributed by atoms with E-state index in [1.165, 1.54) is 5.56 Å². The first-order valence-electron chi connectivity index (χ1n) is 9.81. The maximum Gasteiger partial charge on any atom is 0.175 e. The molecular weight excluding hydrogens is 368 g/mol. The minimum Gasteiger partial charge on any atom is -0.391 e. The summed E-state index contributed by atoms with van der Waals surface area (Å²) in [6.45, 7) is 8.77. The van der Waals surface area contributed by atoms with Crippen molar-refractivity contribution in [2.24, 2.45) is 5.16 Å². The largest absolute Gasteiger partial charge is 0.391 e. The lowest BCUT2D eigenvalue weighted by Gasteiger charge is -2.29. The molecule has 1 atom stereocenters. The second-order valence-corrected chi connectivity index (χ2v) is 7.05. The summed E-state index contributed by atoms with van der Waals surface area (Å²) in [5, 5.41) is 13.7. The van der Waals surface area contributed by atoms with Crippen LogP contribution in [0.2, 0.25) is 0 Å². The van der Waals surface area contributed by atoms with Gasteiger partial charge in [0.2, 0.25) is 0 Å². The zero-order valence-electron chi connectivity index (χ0n) is 16.8. The van der Waals surface area contributed by atoms with Crippen molar-refractivity contribution in [2.45, 2.75) is 19.4 Å². The Hall–Kier alpha value is -2.67. The van der Waals surface area contributed by atoms with E-state index < -0.39 is 6.10 Å². The highest BCUT2D eigenvalue weighted by atomic mass is 17.1. The average Bonchev–Trinajstić information content (AvgIpc) is 2.78. The van der Waals surface area contributed by atoms with Crippen LogP contribution in [0, 0.1) is 6.92 Å². The minimum atomic E-state index is -0.516. The Kier molecular flexibility index (Phi) is 7.81. The first-order valence-corrected chi connectivity index (χ1v) is 9.81. The predicted octanol–water partition coefficient (Wildman–Crippen LogP) is 3.75. The summed E-state index contributed by atoms with van der Waals surface area (Å²) in [7, 11) is 0. The summed E-state index contributed by atoms with van der Waals surface area (Å²) >= 11 is 0. The van der Waals surface area contributed by atoms with Crippen molar-refractivity contribution in [1.82, 2.24) is 4.90 Å². The smallest absolute Gasteiger partial charge is 0.175 e. The highest BCUT2D eigenvalue weighted by Crippen LogP contribution is 2.13. The molecule has 1 saturated heterocycles. The van der Waals surface area contributed by atoms with Gasteiger partial charge < -0.3 is 14.5 Å². The molecule has 1 N–H and O–H groups in total. The van der Waals surface area contributed by atoms with Crippen LogP contribution < -0.4 is 0 Å². The van der Waals surface area contributed by atoms with Crippen LogP contribution in [0.4, 0.5) is 0 Å². The van der Waals surface area contributed by atoms with Crippen molar-refractivity contribution < 1.29 is 19.7 Å². The van der Waals surface area contributed by atoms with Crippen LogP contribution in [0.15, 0.2) is 60.3 Å². The van der Waals surface area contributed by atoms with Gasteiger partial charge in [-0.2, -0.15) is 0 Å². The van der Waals surface area contributed by atoms with Gasteiger partial charge in [-0.1, -0.05) is 71.9 Å². The third-order valence-corrected chi connectivity index (χ3v) is 4.86. The van der Waals surface area contributed by atoms with Crippen LogP contribution in [0.25, 0.3) is 6.08 Å². The Morgan fingerprint density at radius 3 is 2.48 bits per heavy atom. The summed E-state index contributed by atoms with van der Waals surface area (Å²) in [6, 6.07) is 16.1. The lowest BCUT2D eigenvalue weighted by molar-refractivity contribution is -0.286. The number of oxime groups is 1. The lowest BCUT2D eigenvalue weighted by atomic mass is 10.1. The third kappa shape index (κ3) is 6.15. The fraction of sp³-hybridized carbons (Fsp3) is 0.348. The van der Waals surface area contributed by atoms with Crippen LogP contribution in [0.5, 0.6) is 0 Å². The Bertz CT molecular complexity index is 797. The van der Waals surface area contributed by atoms with E-state index in [0.29, 0.717) is 19.6 Å². The summed E-state index contributed by atoms with van der Waals surface area (Å²) in [5.74, 6) is 0.764. The van der Waals surface area contributed by atoms with Gasteiger partial charge >= 0.3 is 0 Å². The maximum atomic E-state index is 9.28. The van der Waals surface area contributed by atoms with Crippen LogP contribution in [-0.4, -0.2) is 55.0 Å². The van der Waals surface area contributed by atoms with Gasteiger partial charge in [0.15, 0.2) is 5.84 Å². The molecular formula is C23H28N2O4.